The van der Waals surface area contributed by atoms with Crippen LogP contribution in [0.2, 0.25) is 0 Å². The maximum Gasteiger partial charge on any atom is 0.119 e. The van der Waals surface area contributed by atoms with Crippen molar-refractivity contribution in [3.63, 3.8) is 0 Å². The van der Waals surface area contributed by atoms with E-state index in [0.717, 1.165) is 79.4 Å². The maximum atomic E-state index is 6.16. The highest BCUT2D eigenvalue weighted by Gasteiger charge is 2.10. The van der Waals surface area contributed by atoms with Crippen molar-refractivity contribution in [2.45, 2.75) is 38.5 Å². The van der Waals surface area contributed by atoms with Crippen LogP contribution in [0.25, 0.3) is 35.4 Å². The third kappa shape index (κ3) is 7.79. The molecule has 0 fully saturated rings. The highest BCUT2D eigenvalue weighted by molar-refractivity contribution is 9.09. The standard InChI is InChI=1S/C34H35BrN4O.Mg/c35-16-5-3-1-2-4-6-17-40-32-9-7-8-24(18-32)33-22-31-21-29-13-12-27(37-29)19-25-10-11-26(36-25)20-28-14-15-30(38-28)23-34(33)39-31;/h7-15,18-23,36-39H,1-6,16-17H2;. The molecule has 5 heterocycles. The Morgan fingerprint density at radius 3 is 1.85 bits per heavy atom. The van der Waals surface area contributed by atoms with Crippen molar-refractivity contribution in [1.29, 1.82) is 0 Å². The molecule has 206 valence electrons. The molecule has 1 aromatic carbocycles. The second-order valence-electron chi connectivity index (χ2n) is 10.4. The summed E-state index contributed by atoms with van der Waals surface area (Å²) in [5.41, 5.74) is 6.47. The van der Waals surface area contributed by atoms with Gasteiger partial charge >= 0.3 is 0 Å². The van der Waals surface area contributed by atoms with E-state index in [1.807, 2.05) is 0 Å². The van der Waals surface area contributed by atoms with E-state index in [9.17, 15) is 0 Å². The second kappa shape index (κ2) is 14.2. The number of halogens is 1. The zero-order valence-corrected chi connectivity index (χ0v) is 26.3. The molecule has 1 aliphatic rings. The van der Waals surface area contributed by atoms with Crippen LogP contribution in [0.3, 0.4) is 0 Å². The Morgan fingerprint density at radius 1 is 0.561 bits per heavy atom. The predicted molar refractivity (Wildman–Crippen MR) is 174 cm³/mol. The first-order valence-corrected chi connectivity index (χ1v) is 15.3. The molecule has 2 radical (unpaired) electrons. The van der Waals surface area contributed by atoms with E-state index in [-0.39, 0.29) is 23.1 Å². The Bertz CT molecular complexity index is 1820. The zero-order valence-electron chi connectivity index (χ0n) is 23.3. The van der Waals surface area contributed by atoms with E-state index in [1.165, 1.54) is 32.1 Å². The fourth-order valence-corrected chi connectivity index (χ4v) is 5.62. The van der Waals surface area contributed by atoms with Crippen molar-refractivity contribution >= 4 is 63.3 Å². The molecule has 0 aliphatic carbocycles. The first-order chi connectivity index (χ1) is 19.7. The molecule has 6 rings (SSSR count). The van der Waals surface area contributed by atoms with Gasteiger partial charge in [0.2, 0.25) is 0 Å². The van der Waals surface area contributed by atoms with Gasteiger partial charge in [-0.15, -0.1) is 0 Å². The molecule has 0 saturated carbocycles. The molecule has 0 amide bonds. The number of rotatable bonds is 10. The SMILES string of the molecule is BrCCCCCCCCOc1cccc(-c2cc3[nH]c2C=c2ccc([nH]2)=Cc2ccc([nH]2)C=c2ccc([nH]2)=C3)c1.[Mg]. The third-order valence-corrected chi connectivity index (χ3v) is 7.80. The normalized spacial score (nSPS) is 11.9. The van der Waals surface area contributed by atoms with Crippen molar-refractivity contribution in [1.82, 2.24) is 19.9 Å². The van der Waals surface area contributed by atoms with E-state index in [0.29, 0.717) is 0 Å². The molecule has 0 atom stereocenters. The molecule has 8 bridgehead atoms. The quantitative estimate of drug-likeness (QED) is 0.0970. The molecule has 0 spiro atoms. The van der Waals surface area contributed by atoms with Crippen LogP contribution < -0.4 is 26.1 Å². The van der Waals surface area contributed by atoms with Gasteiger partial charge in [-0.25, -0.2) is 0 Å². The molecule has 4 aromatic heterocycles. The molecule has 0 saturated heterocycles. The molecule has 0 unspecified atom stereocenters. The molecule has 1 aliphatic heterocycles. The van der Waals surface area contributed by atoms with Gasteiger partial charge in [-0.05, 0) is 97.3 Å². The van der Waals surface area contributed by atoms with Crippen molar-refractivity contribution < 1.29 is 4.74 Å². The van der Waals surface area contributed by atoms with Crippen LogP contribution in [-0.2, 0) is 0 Å². The summed E-state index contributed by atoms with van der Waals surface area (Å²) >= 11 is 3.51. The van der Waals surface area contributed by atoms with E-state index < -0.39 is 0 Å². The topological polar surface area (TPSA) is 72.4 Å². The number of aromatic amines is 4. The van der Waals surface area contributed by atoms with Crippen LogP contribution >= 0.6 is 15.9 Å². The summed E-state index contributed by atoms with van der Waals surface area (Å²) in [6.07, 6.45) is 16.0. The van der Waals surface area contributed by atoms with Gasteiger partial charge < -0.3 is 24.7 Å². The van der Waals surface area contributed by atoms with Gasteiger partial charge in [0.1, 0.15) is 5.75 Å². The minimum atomic E-state index is 0. The van der Waals surface area contributed by atoms with Crippen LogP contribution in [0, 0.1) is 0 Å². The molecule has 41 heavy (non-hydrogen) atoms. The average Bonchev–Trinajstić information content (AvgIpc) is 3.76. The molecule has 5 nitrogen and oxygen atoms in total. The van der Waals surface area contributed by atoms with Crippen molar-refractivity contribution in [2.75, 3.05) is 11.9 Å². The van der Waals surface area contributed by atoms with E-state index in [1.54, 1.807) is 0 Å². The van der Waals surface area contributed by atoms with Crippen LogP contribution in [0.1, 0.15) is 61.3 Å². The molecular formula is C34H35BrMgN4O. The summed E-state index contributed by atoms with van der Waals surface area (Å²) in [5.74, 6) is 0.916. The number of aromatic nitrogens is 4. The Kier molecular flexibility index (Phi) is 10.1. The van der Waals surface area contributed by atoms with Gasteiger partial charge in [0.05, 0.1) is 6.61 Å². The van der Waals surface area contributed by atoms with Crippen LogP contribution in [0.4, 0.5) is 0 Å². The Hall–Kier alpha value is -3.13. The monoisotopic (exact) mass is 618 g/mol. The summed E-state index contributed by atoms with van der Waals surface area (Å²) in [7, 11) is 0. The number of fused-ring (bicyclic) bond motifs is 8. The Balaban J connectivity index is 0.00000337. The maximum absolute atomic E-state index is 6.16. The number of nitrogens with one attached hydrogen (secondary N) is 4. The Labute approximate surface area is 264 Å². The van der Waals surface area contributed by atoms with Crippen molar-refractivity contribution in [2.24, 2.45) is 0 Å². The molecule has 5 aromatic rings. The molecule has 4 N–H and O–H groups in total. The van der Waals surface area contributed by atoms with Crippen LogP contribution in [0.15, 0.2) is 66.7 Å². The van der Waals surface area contributed by atoms with Gasteiger partial charge in [-0.3, -0.25) is 0 Å². The van der Waals surface area contributed by atoms with Crippen molar-refractivity contribution in [3.8, 4) is 16.9 Å². The predicted octanol–water partition coefficient (Wildman–Crippen LogP) is 5.03. The first kappa shape index (κ1) is 29.4. The van der Waals surface area contributed by atoms with E-state index in [2.05, 4.69) is 127 Å². The summed E-state index contributed by atoms with van der Waals surface area (Å²) in [5, 5.41) is 5.29. The summed E-state index contributed by atoms with van der Waals surface area (Å²) in [6, 6.07) is 23.3. The number of alkyl halides is 1. The van der Waals surface area contributed by atoms with Crippen LogP contribution in [-0.4, -0.2) is 54.9 Å². The minimum Gasteiger partial charge on any atom is -0.494 e. The van der Waals surface area contributed by atoms with Crippen molar-refractivity contribution in [3.05, 3.63) is 111 Å². The number of unbranched alkanes of at least 4 members (excludes halogenated alkanes) is 5. The molecular weight excluding hydrogens is 585 g/mol. The van der Waals surface area contributed by atoms with Gasteiger partial charge in [0.15, 0.2) is 0 Å². The van der Waals surface area contributed by atoms with Gasteiger partial charge in [0, 0.05) is 78.1 Å². The second-order valence-corrected chi connectivity index (χ2v) is 11.2. The average molecular weight is 620 g/mol. The fourth-order valence-electron chi connectivity index (χ4n) is 5.22. The lowest BCUT2D eigenvalue weighted by molar-refractivity contribution is 0.304. The summed E-state index contributed by atoms with van der Waals surface area (Å²) in [4.78, 5) is 14.2. The minimum absolute atomic E-state index is 0. The van der Waals surface area contributed by atoms with Crippen LogP contribution in [0.5, 0.6) is 5.75 Å². The summed E-state index contributed by atoms with van der Waals surface area (Å²) < 4.78 is 6.16. The smallest absolute Gasteiger partial charge is 0.119 e. The lowest BCUT2D eigenvalue weighted by atomic mass is 10.0. The largest absolute Gasteiger partial charge is 0.494 e. The highest BCUT2D eigenvalue weighted by Crippen LogP contribution is 2.29. The fraction of sp³-hybridized carbons (Fsp3) is 0.235. The number of hydrogen-bond donors (Lipinski definition) is 4. The lowest BCUT2D eigenvalue weighted by Gasteiger charge is -2.08. The highest BCUT2D eigenvalue weighted by atomic mass is 79.9. The number of hydrogen-bond acceptors (Lipinski definition) is 1. The lowest BCUT2D eigenvalue weighted by Crippen LogP contribution is -2.10. The third-order valence-electron chi connectivity index (χ3n) is 7.24. The zero-order chi connectivity index (χ0) is 27.1. The van der Waals surface area contributed by atoms with Gasteiger partial charge in [-0.2, -0.15) is 0 Å². The van der Waals surface area contributed by atoms with E-state index in [4.69, 9.17) is 4.74 Å². The Morgan fingerprint density at radius 2 is 1.17 bits per heavy atom. The number of H-pyrrole nitrogens is 4. The number of benzene rings is 1. The number of ether oxygens (including phenoxy) is 1. The van der Waals surface area contributed by atoms with E-state index >= 15 is 0 Å². The summed E-state index contributed by atoms with van der Waals surface area (Å²) in [6.45, 7) is 0.753. The van der Waals surface area contributed by atoms with Gasteiger partial charge in [0.25, 0.3) is 0 Å². The molecule has 7 heteroatoms. The van der Waals surface area contributed by atoms with Gasteiger partial charge in [-0.1, -0.05) is 53.7 Å². The first-order valence-electron chi connectivity index (χ1n) is 14.2.